The van der Waals surface area contributed by atoms with Gasteiger partial charge >= 0.3 is 0 Å². The maximum Gasteiger partial charge on any atom is 0.226 e. The summed E-state index contributed by atoms with van der Waals surface area (Å²) in [5, 5.41) is 3.42. The van der Waals surface area contributed by atoms with Crippen LogP contribution >= 0.6 is 0 Å². The molecule has 0 aromatic carbocycles. The Balaban J connectivity index is 1.48. The number of carbonyl (C=O) groups is 1. The predicted octanol–water partition coefficient (Wildman–Crippen LogP) is 0.853. The van der Waals surface area contributed by atoms with Crippen molar-refractivity contribution >= 4 is 5.91 Å². The molecule has 4 atom stereocenters. The summed E-state index contributed by atoms with van der Waals surface area (Å²) in [6.45, 7) is 3.20. The summed E-state index contributed by atoms with van der Waals surface area (Å²) in [5.41, 5.74) is 0. The normalized spacial score (nSPS) is 49.2. The van der Waals surface area contributed by atoms with E-state index >= 15 is 0 Å². The second-order valence-electron chi connectivity index (χ2n) is 6.09. The van der Waals surface area contributed by atoms with Crippen molar-refractivity contribution in [1.82, 2.24) is 10.2 Å². The fourth-order valence-corrected chi connectivity index (χ4v) is 4.50. The van der Waals surface area contributed by atoms with Crippen LogP contribution in [-0.2, 0) is 4.79 Å². The summed E-state index contributed by atoms with van der Waals surface area (Å²) < 4.78 is 0. The van der Waals surface area contributed by atoms with E-state index in [0.717, 1.165) is 37.4 Å². The van der Waals surface area contributed by atoms with Crippen LogP contribution in [0.25, 0.3) is 0 Å². The van der Waals surface area contributed by atoms with Gasteiger partial charge in [-0.1, -0.05) is 6.42 Å². The van der Waals surface area contributed by atoms with E-state index < -0.39 is 0 Å². The largest absolute Gasteiger partial charge is 0.338 e. The van der Waals surface area contributed by atoms with Gasteiger partial charge in [-0.15, -0.1) is 0 Å². The van der Waals surface area contributed by atoms with Crippen molar-refractivity contribution in [2.45, 2.75) is 31.7 Å². The number of nitrogens with zero attached hydrogens (tertiary/aromatic N) is 1. The van der Waals surface area contributed by atoms with Crippen LogP contribution in [0.5, 0.6) is 0 Å². The van der Waals surface area contributed by atoms with Gasteiger partial charge in [-0.25, -0.2) is 0 Å². The Morgan fingerprint density at radius 3 is 2.75 bits per heavy atom. The SMILES string of the molecule is O=C(C1C2CCCC21)N1CC[C@H]2CNC[C@H]21. The van der Waals surface area contributed by atoms with Gasteiger partial charge in [-0.3, -0.25) is 4.79 Å². The smallest absolute Gasteiger partial charge is 0.226 e. The number of hydrogen-bond donors (Lipinski definition) is 1. The van der Waals surface area contributed by atoms with E-state index in [9.17, 15) is 4.79 Å². The van der Waals surface area contributed by atoms with Gasteiger partial charge in [-0.05, 0) is 37.0 Å². The Labute approximate surface area is 96.6 Å². The van der Waals surface area contributed by atoms with Crippen LogP contribution < -0.4 is 5.32 Å². The van der Waals surface area contributed by atoms with Crippen molar-refractivity contribution in [1.29, 1.82) is 0 Å². The van der Waals surface area contributed by atoms with E-state index in [-0.39, 0.29) is 0 Å². The predicted molar refractivity (Wildman–Crippen MR) is 60.8 cm³/mol. The molecule has 2 heterocycles. The number of carbonyl (C=O) groups excluding carboxylic acids is 1. The molecule has 4 aliphatic rings. The van der Waals surface area contributed by atoms with E-state index in [1.165, 1.54) is 25.7 Å². The first-order valence-corrected chi connectivity index (χ1v) is 6.87. The first-order chi connectivity index (χ1) is 7.86. The minimum absolute atomic E-state index is 0.438. The second kappa shape index (κ2) is 3.22. The number of fused-ring (bicyclic) bond motifs is 2. The molecular formula is C13H20N2O. The molecule has 0 aromatic rings. The number of nitrogens with one attached hydrogen (secondary N) is 1. The number of amides is 1. The first-order valence-electron chi connectivity index (χ1n) is 6.87. The molecule has 0 aromatic heterocycles. The maximum absolute atomic E-state index is 12.5. The third kappa shape index (κ3) is 1.15. The first kappa shape index (κ1) is 9.46. The van der Waals surface area contributed by atoms with Crippen LogP contribution in [-0.4, -0.2) is 36.5 Å². The van der Waals surface area contributed by atoms with Crippen molar-refractivity contribution in [3.8, 4) is 0 Å². The van der Waals surface area contributed by atoms with Gasteiger partial charge in [0, 0.05) is 31.6 Å². The molecule has 16 heavy (non-hydrogen) atoms. The fraction of sp³-hybridized carbons (Fsp3) is 0.923. The van der Waals surface area contributed by atoms with Gasteiger partial charge in [0.1, 0.15) is 0 Å². The molecule has 2 unspecified atom stereocenters. The molecule has 2 saturated carbocycles. The molecule has 2 saturated heterocycles. The van der Waals surface area contributed by atoms with Gasteiger partial charge in [0.15, 0.2) is 0 Å². The Morgan fingerprint density at radius 1 is 1.12 bits per heavy atom. The van der Waals surface area contributed by atoms with E-state index in [1.54, 1.807) is 0 Å². The molecule has 4 fully saturated rings. The van der Waals surface area contributed by atoms with Gasteiger partial charge in [0.05, 0.1) is 0 Å². The van der Waals surface area contributed by atoms with Crippen LogP contribution in [0.2, 0.25) is 0 Å². The quantitative estimate of drug-likeness (QED) is 0.710. The lowest BCUT2D eigenvalue weighted by Crippen LogP contribution is -2.40. The molecule has 2 aliphatic heterocycles. The lowest BCUT2D eigenvalue weighted by atomic mass is 10.0. The topological polar surface area (TPSA) is 32.3 Å². The van der Waals surface area contributed by atoms with Crippen molar-refractivity contribution in [2.75, 3.05) is 19.6 Å². The van der Waals surface area contributed by atoms with Gasteiger partial charge < -0.3 is 10.2 Å². The van der Waals surface area contributed by atoms with Crippen molar-refractivity contribution in [3.05, 3.63) is 0 Å². The molecule has 88 valence electrons. The van der Waals surface area contributed by atoms with Crippen LogP contribution in [0.15, 0.2) is 0 Å². The lowest BCUT2D eigenvalue weighted by Gasteiger charge is -2.24. The fourth-order valence-electron chi connectivity index (χ4n) is 4.50. The molecule has 1 N–H and O–H groups in total. The Kier molecular flexibility index (Phi) is 1.90. The van der Waals surface area contributed by atoms with Crippen molar-refractivity contribution in [2.24, 2.45) is 23.7 Å². The highest BCUT2D eigenvalue weighted by atomic mass is 16.2. The number of rotatable bonds is 1. The van der Waals surface area contributed by atoms with Crippen molar-refractivity contribution < 1.29 is 4.79 Å². The highest BCUT2D eigenvalue weighted by molar-refractivity contribution is 5.83. The third-order valence-electron chi connectivity index (χ3n) is 5.42. The molecule has 2 aliphatic carbocycles. The molecular weight excluding hydrogens is 200 g/mol. The average molecular weight is 220 g/mol. The van der Waals surface area contributed by atoms with E-state index in [4.69, 9.17) is 0 Å². The van der Waals surface area contributed by atoms with E-state index in [2.05, 4.69) is 10.2 Å². The summed E-state index contributed by atoms with van der Waals surface area (Å²) >= 11 is 0. The zero-order valence-electron chi connectivity index (χ0n) is 9.69. The Morgan fingerprint density at radius 2 is 1.94 bits per heavy atom. The summed E-state index contributed by atoms with van der Waals surface area (Å²) in [4.78, 5) is 14.7. The van der Waals surface area contributed by atoms with Gasteiger partial charge in [0.2, 0.25) is 5.91 Å². The number of likely N-dealkylation sites (tertiary alicyclic amines) is 1. The molecule has 3 heteroatoms. The molecule has 0 bridgehead atoms. The summed E-state index contributed by atoms with van der Waals surface area (Å²) in [6, 6.07) is 0.536. The maximum atomic E-state index is 12.5. The zero-order valence-corrected chi connectivity index (χ0v) is 9.69. The molecule has 0 spiro atoms. The van der Waals surface area contributed by atoms with Crippen LogP contribution in [0, 0.1) is 23.7 Å². The monoisotopic (exact) mass is 220 g/mol. The van der Waals surface area contributed by atoms with E-state index in [0.29, 0.717) is 17.9 Å². The summed E-state index contributed by atoms with van der Waals surface area (Å²) in [5.74, 6) is 3.25. The number of hydrogen-bond acceptors (Lipinski definition) is 2. The highest BCUT2D eigenvalue weighted by Gasteiger charge is 2.58. The van der Waals surface area contributed by atoms with Crippen LogP contribution in [0.4, 0.5) is 0 Å². The molecule has 3 nitrogen and oxygen atoms in total. The highest BCUT2D eigenvalue weighted by Crippen LogP contribution is 2.58. The minimum Gasteiger partial charge on any atom is -0.338 e. The third-order valence-corrected chi connectivity index (χ3v) is 5.42. The Bertz CT molecular complexity index is 320. The van der Waals surface area contributed by atoms with Gasteiger partial charge in [0.25, 0.3) is 0 Å². The summed E-state index contributed by atoms with van der Waals surface area (Å²) in [6.07, 6.45) is 5.24. The zero-order chi connectivity index (χ0) is 10.7. The van der Waals surface area contributed by atoms with E-state index in [1.807, 2.05) is 0 Å². The van der Waals surface area contributed by atoms with Gasteiger partial charge in [-0.2, -0.15) is 0 Å². The Hall–Kier alpha value is -0.570. The lowest BCUT2D eigenvalue weighted by molar-refractivity contribution is -0.134. The van der Waals surface area contributed by atoms with Crippen molar-refractivity contribution in [3.63, 3.8) is 0 Å². The van der Waals surface area contributed by atoms with Crippen LogP contribution in [0.1, 0.15) is 25.7 Å². The average Bonchev–Trinajstić information content (AvgIpc) is 2.73. The molecule has 4 rings (SSSR count). The van der Waals surface area contributed by atoms with Crippen LogP contribution in [0.3, 0.4) is 0 Å². The summed E-state index contributed by atoms with van der Waals surface area (Å²) in [7, 11) is 0. The second-order valence-corrected chi connectivity index (χ2v) is 6.09. The minimum atomic E-state index is 0.438. The standard InChI is InChI=1S/C13H20N2O/c16-13(12-9-2-1-3-10(9)12)15-5-4-8-6-14-7-11(8)15/h8-12,14H,1-7H2/t8-,9?,10?,11+,12?/m0/s1. The molecule has 0 radical (unpaired) electrons. The molecule has 1 amide bonds.